The fourth-order valence-electron chi connectivity index (χ4n) is 1.84. The van der Waals surface area contributed by atoms with E-state index in [0.29, 0.717) is 5.92 Å². The van der Waals surface area contributed by atoms with Crippen LogP contribution in [0.25, 0.3) is 0 Å². The first-order valence-electron chi connectivity index (χ1n) is 6.41. The zero-order valence-electron chi connectivity index (χ0n) is 11.4. The lowest BCUT2D eigenvalue weighted by Gasteiger charge is -2.11. The third kappa shape index (κ3) is 3.87. The molecule has 0 nitrogen and oxygen atoms in total. The van der Waals surface area contributed by atoms with Gasteiger partial charge in [0.25, 0.3) is 0 Å². The Morgan fingerprint density at radius 1 is 1.16 bits per heavy atom. The molecule has 0 saturated heterocycles. The van der Waals surface area contributed by atoms with E-state index >= 15 is 0 Å². The molecule has 1 fully saturated rings. The maximum atomic E-state index is 13.0. The monoisotopic (exact) mass is 282 g/mol. The summed E-state index contributed by atoms with van der Waals surface area (Å²) in [7, 11) is -1.68. The van der Waals surface area contributed by atoms with E-state index in [1.807, 2.05) is 19.6 Å². The zero-order valence-corrected chi connectivity index (χ0v) is 12.4. The molecular weight excluding hydrogens is 265 g/mol. The van der Waals surface area contributed by atoms with Gasteiger partial charge in [0.15, 0.2) is 0 Å². The highest BCUT2D eigenvalue weighted by atomic mass is 28.3. The summed E-state index contributed by atoms with van der Waals surface area (Å²) in [6, 6.07) is 4.41. The molecular formula is C15H17F3Si. The highest BCUT2D eigenvalue weighted by Crippen LogP contribution is 2.42. The Morgan fingerprint density at radius 2 is 1.79 bits per heavy atom. The van der Waals surface area contributed by atoms with Crippen LogP contribution in [0.3, 0.4) is 0 Å². The molecule has 0 atom stereocenters. The Hall–Kier alpha value is -1.21. The van der Waals surface area contributed by atoms with Gasteiger partial charge in [-0.25, -0.2) is 0 Å². The van der Waals surface area contributed by atoms with Crippen molar-refractivity contribution in [3.63, 3.8) is 0 Å². The topological polar surface area (TPSA) is 0 Å². The lowest BCUT2D eigenvalue weighted by Crippen LogP contribution is -2.16. The van der Waals surface area contributed by atoms with Gasteiger partial charge in [0.1, 0.15) is 8.07 Å². The molecule has 0 amide bonds. The molecule has 0 radical (unpaired) electrons. The van der Waals surface area contributed by atoms with E-state index in [4.69, 9.17) is 0 Å². The Balaban J connectivity index is 2.46. The van der Waals surface area contributed by atoms with Crippen molar-refractivity contribution < 1.29 is 13.2 Å². The van der Waals surface area contributed by atoms with Crippen molar-refractivity contribution in [1.82, 2.24) is 0 Å². The van der Waals surface area contributed by atoms with Crippen LogP contribution in [0.15, 0.2) is 18.2 Å². The largest absolute Gasteiger partial charge is 0.417 e. The quantitative estimate of drug-likeness (QED) is 0.512. The van der Waals surface area contributed by atoms with Gasteiger partial charge in [-0.15, -0.1) is 5.54 Å². The SMILES string of the molecule is C[Si](C)(C)C#Cc1cc(C2CC2)ccc1C(F)(F)F. The second-order valence-corrected chi connectivity index (χ2v) is 10.8. The van der Waals surface area contributed by atoms with Crippen LogP contribution >= 0.6 is 0 Å². The van der Waals surface area contributed by atoms with Gasteiger partial charge in [0.2, 0.25) is 0 Å². The van der Waals surface area contributed by atoms with E-state index in [2.05, 4.69) is 11.5 Å². The Kier molecular flexibility index (Phi) is 3.52. The van der Waals surface area contributed by atoms with Crippen LogP contribution in [0.2, 0.25) is 19.6 Å². The van der Waals surface area contributed by atoms with Crippen LogP contribution in [0.1, 0.15) is 35.4 Å². The Morgan fingerprint density at radius 3 is 2.26 bits per heavy atom. The smallest absolute Gasteiger partial charge is 0.166 e. The van der Waals surface area contributed by atoms with E-state index in [1.165, 1.54) is 6.07 Å². The fraction of sp³-hybridized carbons (Fsp3) is 0.467. The summed E-state index contributed by atoms with van der Waals surface area (Å²) in [6.45, 7) is 6.08. The highest BCUT2D eigenvalue weighted by molar-refractivity contribution is 6.83. The van der Waals surface area contributed by atoms with Gasteiger partial charge in [-0.05, 0) is 36.5 Å². The van der Waals surface area contributed by atoms with Crippen molar-refractivity contribution in [3.05, 3.63) is 34.9 Å². The average molecular weight is 282 g/mol. The number of rotatable bonds is 1. The van der Waals surface area contributed by atoms with Gasteiger partial charge in [0, 0.05) is 5.56 Å². The van der Waals surface area contributed by atoms with Crippen molar-refractivity contribution in [3.8, 4) is 11.5 Å². The predicted molar refractivity (Wildman–Crippen MR) is 73.6 cm³/mol. The molecule has 2 rings (SSSR count). The van der Waals surface area contributed by atoms with Crippen LogP contribution < -0.4 is 0 Å². The van der Waals surface area contributed by atoms with Crippen molar-refractivity contribution in [2.45, 2.75) is 44.6 Å². The molecule has 0 bridgehead atoms. The molecule has 102 valence electrons. The van der Waals surface area contributed by atoms with Gasteiger partial charge >= 0.3 is 6.18 Å². The molecule has 1 saturated carbocycles. The first kappa shape index (κ1) is 14.2. The van der Waals surface area contributed by atoms with Crippen LogP contribution in [-0.2, 0) is 6.18 Å². The Bertz CT molecular complexity index is 537. The number of alkyl halides is 3. The lowest BCUT2D eigenvalue weighted by atomic mass is 10.0. The van der Waals surface area contributed by atoms with Gasteiger partial charge in [0.05, 0.1) is 5.56 Å². The van der Waals surface area contributed by atoms with Gasteiger partial charge < -0.3 is 0 Å². The van der Waals surface area contributed by atoms with E-state index in [0.717, 1.165) is 18.4 Å². The fourth-order valence-corrected chi connectivity index (χ4v) is 2.35. The second-order valence-electron chi connectivity index (χ2n) is 6.08. The van der Waals surface area contributed by atoms with Crippen molar-refractivity contribution >= 4 is 8.07 Å². The number of halogens is 3. The summed E-state index contributed by atoms with van der Waals surface area (Å²) in [5.41, 5.74) is 3.55. The van der Waals surface area contributed by atoms with Crippen LogP contribution in [0, 0.1) is 11.5 Å². The molecule has 1 aliphatic rings. The molecule has 1 aromatic carbocycles. The van der Waals surface area contributed by atoms with Crippen molar-refractivity contribution in [2.24, 2.45) is 0 Å². The van der Waals surface area contributed by atoms with E-state index in [1.54, 1.807) is 12.1 Å². The second kappa shape index (κ2) is 4.72. The summed E-state index contributed by atoms with van der Waals surface area (Å²) in [4.78, 5) is 0. The summed E-state index contributed by atoms with van der Waals surface area (Å²) >= 11 is 0. The minimum absolute atomic E-state index is 0.138. The highest BCUT2D eigenvalue weighted by Gasteiger charge is 2.34. The van der Waals surface area contributed by atoms with E-state index in [9.17, 15) is 13.2 Å². The summed E-state index contributed by atoms with van der Waals surface area (Å²) in [5, 5.41) is 0. The lowest BCUT2D eigenvalue weighted by molar-refractivity contribution is -0.137. The van der Waals surface area contributed by atoms with Crippen molar-refractivity contribution in [1.29, 1.82) is 0 Å². The normalized spacial score (nSPS) is 15.9. The zero-order chi connectivity index (χ0) is 14.3. The molecule has 0 N–H and O–H groups in total. The van der Waals surface area contributed by atoms with Gasteiger partial charge in [-0.1, -0.05) is 31.6 Å². The molecule has 0 spiro atoms. The molecule has 0 aliphatic heterocycles. The number of hydrogen-bond acceptors (Lipinski definition) is 0. The summed E-state index contributed by atoms with van der Waals surface area (Å²) in [5.74, 6) is 3.21. The standard InChI is InChI=1S/C15H17F3Si/c1-19(2,3)9-8-13-10-12(11-4-5-11)6-7-14(13)15(16,17)18/h6-7,10-11H,4-5H2,1-3H3. The minimum Gasteiger partial charge on any atom is -0.166 e. The van der Waals surface area contributed by atoms with Gasteiger partial charge in [-0.2, -0.15) is 13.2 Å². The summed E-state index contributed by atoms with van der Waals surface area (Å²) in [6.07, 6.45) is -2.18. The van der Waals surface area contributed by atoms with Gasteiger partial charge in [-0.3, -0.25) is 0 Å². The van der Waals surface area contributed by atoms with Crippen LogP contribution in [0.5, 0.6) is 0 Å². The first-order chi connectivity index (χ1) is 8.67. The predicted octanol–water partition coefficient (Wildman–Crippen LogP) is 4.81. The van der Waals surface area contributed by atoms with E-state index in [-0.39, 0.29) is 5.56 Å². The Labute approximate surface area is 113 Å². The van der Waals surface area contributed by atoms with Crippen molar-refractivity contribution in [2.75, 3.05) is 0 Å². The molecule has 19 heavy (non-hydrogen) atoms. The minimum atomic E-state index is -4.33. The summed E-state index contributed by atoms with van der Waals surface area (Å²) < 4.78 is 38.9. The van der Waals surface area contributed by atoms with E-state index < -0.39 is 19.8 Å². The number of benzene rings is 1. The maximum absolute atomic E-state index is 13.0. The molecule has 4 heteroatoms. The molecule has 0 aromatic heterocycles. The molecule has 1 aromatic rings. The number of hydrogen-bond donors (Lipinski definition) is 0. The molecule has 0 heterocycles. The van der Waals surface area contributed by atoms with Crippen LogP contribution in [-0.4, -0.2) is 8.07 Å². The molecule has 0 unspecified atom stereocenters. The van der Waals surface area contributed by atoms with Crippen LogP contribution in [0.4, 0.5) is 13.2 Å². The third-order valence-corrected chi connectivity index (χ3v) is 3.84. The third-order valence-electron chi connectivity index (χ3n) is 2.97. The maximum Gasteiger partial charge on any atom is 0.417 e. The molecule has 1 aliphatic carbocycles. The average Bonchev–Trinajstić information content (AvgIpc) is 3.07. The first-order valence-corrected chi connectivity index (χ1v) is 9.91.